The van der Waals surface area contributed by atoms with Crippen LogP contribution in [0.15, 0.2) is 22.7 Å². The Kier molecular flexibility index (Phi) is 5.04. The minimum atomic E-state index is -0.474. The van der Waals surface area contributed by atoms with E-state index in [0.29, 0.717) is 5.02 Å². The molecule has 1 N–H and O–H groups in total. The molecular formula is C15H19BrClNO3. The molecule has 1 aliphatic carbocycles. The standard InChI is InChI=1S/C15H19BrClNO3/c1-15(2,3)21-14(19)18-9-6-11(7-9)20-10-4-5-12(16)13(17)8-10/h4-5,8-9,11H,6-7H2,1-3H3,(H,18,19). The quantitative estimate of drug-likeness (QED) is 0.842. The highest BCUT2D eigenvalue weighted by atomic mass is 79.9. The molecule has 1 saturated carbocycles. The van der Waals surface area contributed by atoms with Crippen LogP contribution in [0.2, 0.25) is 5.02 Å². The van der Waals surface area contributed by atoms with Crippen LogP contribution >= 0.6 is 27.5 Å². The maximum absolute atomic E-state index is 11.6. The van der Waals surface area contributed by atoms with Crippen molar-refractivity contribution in [2.45, 2.75) is 51.4 Å². The van der Waals surface area contributed by atoms with Crippen molar-refractivity contribution >= 4 is 33.6 Å². The molecule has 0 radical (unpaired) electrons. The maximum Gasteiger partial charge on any atom is 0.407 e. The molecule has 0 aliphatic heterocycles. The highest BCUT2D eigenvalue weighted by molar-refractivity contribution is 9.10. The van der Waals surface area contributed by atoms with Crippen LogP contribution in [-0.4, -0.2) is 23.8 Å². The van der Waals surface area contributed by atoms with Crippen molar-refractivity contribution < 1.29 is 14.3 Å². The molecule has 0 unspecified atom stereocenters. The van der Waals surface area contributed by atoms with Gasteiger partial charge in [0.25, 0.3) is 0 Å². The number of hydrogen-bond acceptors (Lipinski definition) is 3. The Bertz CT molecular complexity index is 524. The first-order chi connectivity index (χ1) is 9.73. The van der Waals surface area contributed by atoms with Crippen molar-refractivity contribution in [3.05, 3.63) is 27.7 Å². The summed E-state index contributed by atoms with van der Waals surface area (Å²) in [5, 5.41) is 3.46. The summed E-state index contributed by atoms with van der Waals surface area (Å²) in [6.45, 7) is 5.53. The minimum absolute atomic E-state index is 0.0992. The molecule has 116 valence electrons. The Hall–Kier alpha value is -0.940. The van der Waals surface area contributed by atoms with Crippen molar-refractivity contribution in [3.8, 4) is 5.75 Å². The first-order valence-corrected chi connectivity index (χ1v) is 8.01. The largest absolute Gasteiger partial charge is 0.490 e. The molecule has 1 aromatic carbocycles. The average molecular weight is 377 g/mol. The van der Waals surface area contributed by atoms with Gasteiger partial charge in [0, 0.05) is 23.4 Å². The third-order valence-corrected chi connectivity index (χ3v) is 4.24. The molecule has 1 aromatic rings. The zero-order chi connectivity index (χ0) is 15.6. The third-order valence-electron chi connectivity index (χ3n) is 3.01. The van der Waals surface area contributed by atoms with Crippen molar-refractivity contribution in [2.24, 2.45) is 0 Å². The number of carbonyl (C=O) groups is 1. The monoisotopic (exact) mass is 375 g/mol. The molecular weight excluding hydrogens is 358 g/mol. The number of nitrogens with one attached hydrogen (secondary N) is 1. The van der Waals surface area contributed by atoms with Crippen LogP contribution in [0.25, 0.3) is 0 Å². The molecule has 0 bridgehead atoms. The maximum atomic E-state index is 11.6. The Morgan fingerprint density at radius 2 is 2.05 bits per heavy atom. The number of rotatable bonds is 3. The van der Waals surface area contributed by atoms with Gasteiger partial charge in [-0.15, -0.1) is 0 Å². The summed E-state index contributed by atoms with van der Waals surface area (Å²) < 4.78 is 11.9. The van der Waals surface area contributed by atoms with E-state index in [2.05, 4.69) is 21.2 Å². The summed E-state index contributed by atoms with van der Waals surface area (Å²) in [7, 11) is 0. The van der Waals surface area contributed by atoms with Gasteiger partial charge < -0.3 is 14.8 Å². The van der Waals surface area contributed by atoms with E-state index in [1.807, 2.05) is 32.9 Å². The van der Waals surface area contributed by atoms with Crippen LogP contribution in [0.3, 0.4) is 0 Å². The fourth-order valence-corrected chi connectivity index (χ4v) is 2.41. The molecule has 0 aromatic heterocycles. The normalized spacial score (nSPS) is 21.4. The van der Waals surface area contributed by atoms with Crippen LogP contribution in [0.5, 0.6) is 5.75 Å². The lowest BCUT2D eigenvalue weighted by Crippen LogP contribution is -2.50. The molecule has 21 heavy (non-hydrogen) atoms. The predicted octanol–water partition coefficient (Wildman–Crippen LogP) is 4.54. The Labute approximate surface area is 138 Å². The summed E-state index contributed by atoms with van der Waals surface area (Å²) in [4.78, 5) is 11.6. The third kappa shape index (κ3) is 5.08. The van der Waals surface area contributed by atoms with Gasteiger partial charge in [0.05, 0.1) is 5.02 Å². The van der Waals surface area contributed by atoms with Crippen LogP contribution < -0.4 is 10.1 Å². The predicted molar refractivity (Wildman–Crippen MR) is 86.0 cm³/mol. The van der Waals surface area contributed by atoms with E-state index in [0.717, 1.165) is 23.1 Å². The molecule has 0 heterocycles. The highest BCUT2D eigenvalue weighted by Crippen LogP contribution is 2.31. The van der Waals surface area contributed by atoms with Crippen LogP contribution in [-0.2, 0) is 4.74 Å². The minimum Gasteiger partial charge on any atom is -0.490 e. The first kappa shape index (κ1) is 16.4. The van der Waals surface area contributed by atoms with Crippen molar-refractivity contribution in [1.82, 2.24) is 5.32 Å². The average Bonchev–Trinajstić information content (AvgIpc) is 2.28. The molecule has 1 fully saturated rings. The first-order valence-electron chi connectivity index (χ1n) is 6.84. The second-order valence-corrected chi connectivity index (χ2v) is 7.39. The summed E-state index contributed by atoms with van der Waals surface area (Å²) in [6.07, 6.45) is 1.26. The molecule has 4 nitrogen and oxygen atoms in total. The lowest BCUT2D eigenvalue weighted by molar-refractivity contribution is 0.0363. The zero-order valence-electron chi connectivity index (χ0n) is 12.3. The van der Waals surface area contributed by atoms with Crippen LogP contribution in [0.4, 0.5) is 4.79 Å². The van der Waals surface area contributed by atoms with Gasteiger partial charge in [-0.05, 0) is 54.9 Å². The molecule has 0 saturated heterocycles. The number of hydrogen-bond donors (Lipinski definition) is 1. The van der Waals surface area contributed by atoms with E-state index in [-0.39, 0.29) is 18.2 Å². The summed E-state index contributed by atoms with van der Waals surface area (Å²) in [5.74, 6) is 0.740. The topological polar surface area (TPSA) is 47.6 Å². The van der Waals surface area contributed by atoms with E-state index in [1.54, 1.807) is 6.07 Å². The van der Waals surface area contributed by atoms with Gasteiger partial charge in [-0.3, -0.25) is 0 Å². The molecule has 1 aliphatic rings. The number of carbonyl (C=O) groups excluding carboxylic acids is 1. The lowest BCUT2D eigenvalue weighted by atomic mass is 9.89. The van der Waals surface area contributed by atoms with Crippen LogP contribution in [0, 0.1) is 0 Å². The molecule has 6 heteroatoms. The summed E-state index contributed by atoms with van der Waals surface area (Å²) in [6, 6.07) is 5.60. The molecule has 0 atom stereocenters. The Morgan fingerprint density at radius 1 is 1.38 bits per heavy atom. The number of benzene rings is 1. The fourth-order valence-electron chi connectivity index (χ4n) is 2.00. The second-order valence-electron chi connectivity index (χ2n) is 6.13. The Morgan fingerprint density at radius 3 is 2.62 bits per heavy atom. The summed E-state index contributed by atoms with van der Waals surface area (Å²) >= 11 is 9.36. The van der Waals surface area contributed by atoms with Crippen molar-refractivity contribution in [2.75, 3.05) is 0 Å². The lowest BCUT2D eigenvalue weighted by Gasteiger charge is -2.36. The number of alkyl carbamates (subject to hydrolysis) is 1. The zero-order valence-corrected chi connectivity index (χ0v) is 14.6. The molecule has 0 spiro atoms. The molecule has 1 amide bonds. The number of amides is 1. The van der Waals surface area contributed by atoms with E-state index in [9.17, 15) is 4.79 Å². The van der Waals surface area contributed by atoms with Crippen molar-refractivity contribution in [1.29, 1.82) is 0 Å². The van der Waals surface area contributed by atoms with E-state index in [4.69, 9.17) is 21.1 Å². The van der Waals surface area contributed by atoms with Gasteiger partial charge in [-0.1, -0.05) is 11.6 Å². The fraction of sp³-hybridized carbons (Fsp3) is 0.533. The van der Waals surface area contributed by atoms with Gasteiger partial charge in [0.15, 0.2) is 0 Å². The van der Waals surface area contributed by atoms with Crippen molar-refractivity contribution in [3.63, 3.8) is 0 Å². The van der Waals surface area contributed by atoms with Gasteiger partial charge in [-0.25, -0.2) is 4.79 Å². The smallest absolute Gasteiger partial charge is 0.407 e. The van der Waals surface area contributed by atoms with Gasteiger partial charge >= 0.3 is 6.09 Å². The second kappa shape index (κ2) is 6.44. The Balaban J connectivity index is 1.74. The van der Waals surface area contributed by atoms with Crippen LogP contribution in [0.1, 0.15) is 33.6 Å². The van der Waals surface area contributed by atoms with E-state index >= 15 is 0 Å². The highest BCUT2D eigenvalue weighted by Gasteiger charge is 2.33. The van der Waals surface area contributed by atoms with Gasteiger partial charge in [0.1, 0.15) is 17.5 Å². The van der Waals surface area contributed by atoms with Gasteiger partial charge in [0.2, 0.25) is 0 Å². The van der Waals surface area contributed by atoms with E-state index < -0.39 is 5.60 Å². The van der Waals surface area contributed by atoms with Gasteiger partial charge in [-0.2, -0.15) is 0 Å². The number of halogens is 2. The number of ether oxygens (including phenoxy) is 2. The summed E-state index contributed by atoms with van der Waals surface area (Å²) in [5.41, 5.74) is -0.474. The van der Waals surface area contributed by atoms with E-state index in [1.165, 1.54) is 0 Å². The SMILES string of the molecule is CC(C)(C)OC(=O)NC1CC(Oc2ccc(Br)c(Cl)c2)C1. The molecule has 2 rings (SSSR count).